The lowest BCUT2D eigenvalue weighted by atomic mass is 9.78. The van der Waals surface area contributed by atoms with Crippen LogP contribution in [0.1, 0.15) is 39.0 Å². The van der Waals surface area contributed by atoms with E-state index in [1.54, 1.807) is 18.9 Å². The van der Waals surface area contributed by atoms with E-state index in [2.05, 4.69) is 12.2 Å². The Morgan fingerprint density at radius 2 is 2.16 bits per heavy atom. The minimum atomic E-state index is -0.682. The van der Waals surface area contributed by atoms with Crippen molar-refractivity contribution >= 4 is 17.7 Å². The van der Waals surface area contributed by atoms with Gasteiger partial charge in [-0.25, -0.2) is 0 Å². The molecule has 0 atom stereocenters. The van der Waals surface area contributed by atoms with E-state index < -0.39 is 5.60 Å². The molecule has 1 aliphatic rings. The molecule has 1 amide bonds. The van der Waals surface area contributed by atoms with Crippen molar-refractivity contribution in [2.24, 2.45) is 5.92 Å². The van der Waals surface area contributed by atoms with Crippen molar-refractivity contribution in [1.82, 2.24) is 5.32 Å². The first-order valence-corrected chi connectivity index (χ1v) is 8.31. The predicted octanol–water partition coefficient (Wildman–Crippen LogP) is 1.81. The maximum atomic E-state index is 11.6. The molecule has 0 bridgehead atoms. The Hall–Kier alpha value is -0.260. The first-order chi connectivity index (χ1) is 9.09. The summed E-state index contributed by atoms with van der Waals surface area (Å²) in [6.07, 6.45) is 4.96. The van der Waals surface area contributed by atoms with Gasteiger partial charge in [-0.2, -0.15) is 0 Å². The van der Waals surface area contributed by atoms with Crippen LogP contribution in [0, 0.1) is 5.92 Å². The van der Waals surface area contributed by atoms with Crippen molar-refractivity contribution in [2.75, 3.05) is 31.8 Å². The van der Waals surface area contributed by atoms with Crippen molar-refractivity contribution in [3.63, 3.8) is 0 Å². The lowest BCUT2D eigenvalue weighted by Gasteiger charge is -2.35. The van der Waals surface area contributed by atoms with Crippen LogP contribution < -0.4 is 5.32 Å². The third-order valence-electron chi connectivity index (χ3n) is 3.89. The normalized spacial score (nSPS) is 27.2. The average molecular weight is 289 g/mol. The zero-order valence-corrected chi connectivity index (χ0v) is 12.9. The topological polar surface area (TPSA) is 58.6 Å². The van der Waals surface area contributed by atoms with Crippen LogP contribution in [-0.2, 0) is 9.53 Å². The molecular formula is C14H27NO3S. The molecule has 0 heterocycles. The fourth-order valence-corrected chi connectivity index (χ4v) is 3.14. The highest BCUT2D eigenvalue weighted by atomic mass is 32.2. The van der Waals surface area contributed by atoms with E-state index in [1.807, 2.05) is 0 Å². The minimum absolute atomic E-state index is 0.00661. The van der Waals surface area contributed by atoms with Gasteiger partial charge >= 0.3 is 0 Å². The number of rotatable bonds is 8. The predicted molar refractivity (Wildman–Crippen MR) is 79.4 cm³/mol. The summed E-state index contributed by atoms with van der Waals surface area (Å²) in [6.45, 7) is 3.27. The molecule has 0 saturated heterocycles. The number of carbonyl (C=O) groups excluding carboxylic acids is 1. The molecule has 1 aliphatic carbocycles. The van der Waals surface area contributed by atoms with Crippen LogP contribution in [0.25, 0.3) is 0 Å². The molecule has 1 saturated carbocycles. The molecule has 112 valence electrons. The first kappa shape index (κ1) is 16.8. The summed E-state index contributed by atoms with van der Waals surface area (Å²) in [5, 5.41) is 13.3. The number of nitrogens with one attached hydrogen (secondary N) is 1. The summed E-state index contributed by atoms with van der Waals surface area (Å²) in [5.41, 5.74) is -0.682. The molecule has 0 aromatic carbocycles. The van der Waals surface area contributed by atoms with E-state index in [9.17, 15) is 9.90 Å². The maximum Gasteiger partial charge on any atom is 0.230 e. The first-order valence-electron chi connectivity index (χ1n) is 7.15. The zero-order chi connectivity index (χ0) is 14.1. The van der Waals surface area contributed by atoms with Gasteiger partial charge in [0.15, 0.2) is 0 Å². The van der Waals surface area contributed by atoms with Crippen LogP contribution in [-0.4, -0.2) is 48.4 Å². The van der Waals surface area contributed by atoms with Crippen molar-refractivity contribution in [2.45, 2.75) is 44.6 Å². The van der Waals surface area contributed by atoms with Gasteiger partial charge in [-0.3, -0.25) is 4.79 Å². The van der Waals surface area contributed by atoms with Gasteiger partial charge in [0.1, 0.15) is 0 Å². The molecule has 0 radical (unpaired) electrons. The number of ether oxygens (including phenoxy) is 1. The van der Waals surface area contributed by atoms with Crippen molar-refractivity contribution in [3.05, 3.63) is 0 Å². The van der Waals surface area contributed by atoms with Gasteiger partial charge in [0, 0.05) is 19.4 Å². The molecule has 0 aromatic heterocycles. The van der Waals surface area contributed by atoms with E-state index in [0.29, 0.717) is 18.9 Å². The summed E-state index contributed by atoms with van der Waals surface area (Å²) in [7, 11) is 1.66. The van der Waals surface area contributed by atoms with E-state index in [4.69, 9.17) is 4.74 Å². The van der Waals surface area contributed by atoms with Crippen molar-refractivity contribution in [1.29, 1.82) is 0 Å². The fraction of sp³-hybridized carbons (Fsp3) is 0.929. The maximum absolute atomic E-state index is 11.6. The van der Waals surface area contributed by atoms with Gasteiger partial charge in [-0.1, -0.05) is 13.3 Å². The second-order valence-corrected chi connectivity index (χ2v) is 6.50. The van der Waals surface area contributed by atoms with Crippen molar-refractivity contribution < 1.29 is 14.6 Å². The number of methoxy groups -OCH3 is 1. The minimum Gasteiger partial charge on any atom is -0.388 e. The van der Waals surface area contributed by atoms with Crippen LogP contribution >= 0.6 is 11.8 Å². The molecule has 1 fully saturated rings. The largest absolute Gasteiger partial charge is 0.388 e. The Labute approximate surface area is 120 Å². The second kappa shape index (κ2) is 8.82. The Morgan fingerprint density at radius 3 is 2.74 bits per heavy atom. The van der Waals surface area contributed by atoms with Crippen LogP contribution in [0.5, 0.6) is 0 Å². The quantitative estimate of drug-likeness (QED) is 0.669. The van der Waals surface area contributed by atoms with E-state index in [1.165, 1.54) is 6.42 Å². The standard InChI is InChI=1S/C14H27NO3S/c1-3-12-4-6-14(17,7-5-12)11-15-13(16)10-19-9-8-18-2/h12,17H,3-11H2,1-2H3,(H,15,16). The number of carbonyl (C=O) groups is 1. The summed E-state index contributed by atoms with van der Waals surface area (Å²) in [4.78, 5) is 11.6. The summed E-state index contributed by atoms with van der Waals surface area (Å²) >= 11 is 1.56. The van der Waals surface area contributed by atoms with E-state index in [0.717, 1.165) is 37.4 Å². The van der Waals surface area contributed by atoms with E-state index in [-0.39, 0.29) is 5.91 Å². The third kappa shape index (κ3) is 6.63. The Kier molecular flexibility index (Phi) is 7.80. The van der Waals surface area contributed by atoms with E-state index >= 15 is 0 Å². The van der Waals surface area contributed by atoms with Crippen LogP contribution in [0.15, 0.2) is 0 Å². The van der Waals surface area contributed by atoms with Crippen LogP contribution in [0.4, 0.5) is 0 Å². The smallest absolute Gasteiger partial charge is 0.230 e. The monoisotopic (exact) mass is 289 g/mol. The van der Waals surface area contributed by atoms with Crippen LogP contribution in [0.2, 0.25) is 0 Å². The average Bonchev–Trinajstić information content (AvgIpc) is 2.42. The molecule has 4 nitrogen and oxygen atoms in total. The van der Waals surface area contributed by atoms with Gasteiger partial charge in [0.25, 0.3) is 0 Å². The highest BCUT2D eigenvalue weighted by Crippen LogP contribution is 2.33. The molecule has 5 heteroatoms. The lowest BCUT2D eigenvalue weighted by molar-refractivity contribution is -0.120. The number of hydrogen-bond donors (Lipinski definition) is 2. The Bertz CT molecular complexity index is 265. The lowest BCUT2D eigenvalue weighted by Crippen LogP contribution is -2.45. The molecule has 2 N–H and O–H groups in total. The third-order valence-corrected chi connectivity index (χ3v) is 4.81. The number of hydrogen-bond acceptors (Lipinski definition) is 4. The van der Waals surface area contributed by atoms with Crippen molar-refractivity contribution in [3.8, 4) is 0 Å². The summed E-state index contributed by atoms with van der Waals surface area (Å²) in [6, 6.07) is 0. The Balaban J connectivity index is 2.15. The summed E-state index contributed by atoms with van der Waals surface area (Å²) in [5.74, 6) is 2.02. The second-order valence-electron chi connectivity index (χ2n) is 5.40. The SMILES string of the molecule is CCC1CCC(O)(CNC(=O)CSCCOC)CC1. The van der Waals surface area contributed by atoms with Gasteiger partial charge in [-0.05, 0) is 31.6 Å². The van der Waals surface area contributed by atoms with Gasteiger partial charge in [-0.15, -0.1) is 11.8 Å². The zero-order valence-electron chi connectivity index (χ0n) is 12.1. The molecule has 0 aliphatic heterocycles. The van der Waals surface area contributed by atoms with Gasteiger partial charge in [0.2, 0.25) is 5.91 Å². The highest BCUT2D eigenvalue weighted by Gasteiger charge is 2.32. The molecule has 19 heavy (non-hydrogen) atoms. The molecule has 1 rings (SSSR count). The molecule has 0 unspecified atom stereocenters. The summed E-state index contributed by atoms with van der Waals surface area (Å²) < 4.78 is 4.92. The number of thioether (sulfide) groups is 1. The van der Waals surface area contributed by atoms with Gasteiger partial charge < -0.3 is 15.2 Å². The highest BCUT2D eigenvalue weighted by molar-refractivity contribution is 7.99. The molecular weight excluding hydrogens is 262 g/mol. The molecule has 0 aromatic rings. The Morgan fingerprint density at radius 1 is 1.47 bits per heavy atom. The fourth-order valence-electron chi connectivity index (χ4n) is 2.42. The number of amides is 1. The number of aliphatic hydroxyl groups is 1. The molecule has 0 spiro atoms. The van der Waals surface area contributed by atoms with Crippen LogP contribution in [0.3, 0.4) is 0 Å². The van der Waals surface area contributed by atoms with Gasteiger partial charge in [0.05, 0.1) is 18.0 Å².